The Balaban J connectivity index is 1.97. The van der Waals surface area contributed by atoms with Crippen molar-refractivity contribution in [3.63, 3.8) is 0 Å². The van der Waals surface area contributed by atoms with E-state index in [0.717, 1.165) is 5.56 Å². The number of carbonyl (C=O) groups is 2. The first-order valence-electron chi connectivity index (χ1n) is 9.69. The molecule has 0 bridgehead atoms. The predicted molar refractivity (Wildman–Crippen MR) is 120 cm³/mol. The number of benzene rings is 3. The van der Waals surface area contributed by atoms with Crippen molar-refractivity contribution in [2.75, 3.05) is 12.0 Å². The van der Waals surface area contributed by atoms with Crippen LogP contribution < -0.4 is 9.64 Å². The fourth-order valence-electron chi connectivity index (χ4n) is 3.71. The average molecular weight is 434 g/mol. The number of Topliss-reactive ketones (excluding diaryl/α,β-unsaturated/α-hetero) is 1. The molecule has 1 heterocycles. The lowest BCUT2D eigenvalue weighted by Crippen LogP contribution is -2.29. The lowest BCUT2D eigenvalue weighted by atomic mass is 9.95. The van der Waals surface area contributed by atoms with Crippen LogP contribution in [0.1, 0.15) is 22.7 Å². The fraction of sp³-hybridized carbons (Fsp3) is 0.120. The Hall–Kier alpha value is -3.57. The number of halogens is 1. The Morgan fingerprint density at radius 2 is 1.74 bits per heavy atom. The highest BCUT2D eigenvalue weighted by Crippen LogP contribution is 2.43. The van der Waals surface area contributed by atoms with Crippen LogP contribution in [0.5, 0.6) is 5.75 Å². The largest absolute Gasteiger partial charge is 0.507 e. The molecule has 156 valence electrons. The number of methoxy groups -OCH3 is 1. The van der Waals surface area contributed by atoms with Crippen LogP contribution in [0.15, 0.2) is 78.4 Å². The third-order valence-electron chi connectivity index (χ3n) is 5.33. The van der Waals surface area contributed by atoms with Gasteiger partial charge >= 0.3 is 0 Å². The fourth-order valence-corrected chi connectivity index (χ4v) is 3.88. The first-order valence-corrected chi connectivity index (χ1v) is 10.1. The minimum atomic E-state index is -0.839. The average Bonchev–Trinajstić information content (AvgIpc) is 3.06. The van der Waals surface area contributed by atoms with E-state index in [9.17, 15) is 14.7 Å². The molecule has 1 saturated heterocycles. The van der Waals surface area contributed by atoms with Gasteiger partial charge in [-0.1, -0.05) is 60.1 Å². The van der Waals surface area contributed by atoms with E-state index in [1.165, 1.54) is 4.90 Å². The van der Waals surface area contributed by atoms with Crippen LogP contribution in [-0.2, 0) is 9.59 Å². The van der Waals surface area contributed by atoms with E-state index in [1.807, 2.05) is 13.0 Å². The van der Waals surface area contributed by atoms with Gasteiger partial charge in [-0.05, 0) is 42.3 Å². The zero-order valence-corrected chi connectivity index (χ0v) is 17.8. The number of ketones is 1. The van der Waals surface area contributed by atoms with Crippen LogP contribution in [0.2, 0.25) is 5.02 Å². The van der Waals surface area contributed by atoms with Crippen molar-refractivity contribution >= 4 is 34.7 Å². The van der Waals surface area contributed by atoms with Crippen molar-refractivity contribution in [1.29, 1.82) is 0 Å². The van der Waals surface area contributed by atoms with Gasteiger partial charge in [0.1, 0.15) is 11.5 Å². The van der Waals surface area contributed by atoms with Crippen LogP contribution in [0.4, 0.5) is 5.69 Å². The van der Waals surface area contributed by atoms with Gasteiger partial charge in [-0.2, -0.15) is 0 Å². The molecule has 0 spiro atoms. The van der Waals surface area contributed by atoms with Gasteiger partial charge in [-0.3, -0.25) is 14.5 Å². The summed E-state index contributed by atoms with van der Waals surface area (Å²) >= 11 is 6.31. The molecule has 0 radical (unpaired) electrons. The number of aliphatic hydroxyl groups is 1. The normalized spacial score (nSPS) is 17.8. The van der Waals surface area contributed by atoms with E-state index in [4.69, 9.17) is 16.3 Å². The van der Waals surface area contributed by atoms with Crippen LogP contribution in [-0.4, -0.2) is 23.9 Å². The van der Waals surface area contributed by atoms with Crippen LogP contribution >= 0.6 is 11.6 Å². The molecule has 3 aromatic rings. The van der Waals surface area contributed by atoms with Gasteiger partial charge < -0.3 is 9.84 Å². The molecule has 5 nitrogen and oxygen atoms in total. The monoisotopic (exact) mass is 433 g/mol. The van der Waals surface area contributed by atoms with Gasteiger partial charge in [-0.25, -0.2) is 0 Å². The molecule has 0 aromatic heterocycles. The van der Waals surface area contributed by atoms with Gasteiger partial charge in [0.15, 0.2) is 0 Å². The Morgan fingerprint density at radius 1 is 1.00 bits per heavy atom. The van der Waals surface area contributed by atoms with Crippen molar-refractivity contribution in [1.82, 2.24) is 0 Å². The molecule has 0 aliphatic carbocycles. The van der Waals surface area contributed by atoms with E-state index >= 15 is 0 Å². The highest BCUT2D eigenvalue weighted by molar-refractivity contribution is 6.51. The zero-order valence-electron chi connectivity index (χ0n) is 17.0. The number of rotatable bonds is 4. The maximum absolute atomic E-state index is 13.1. The van der Waals surface area contributed by atoms with E-state index in [0.29, 0.717) is 27.6 Å². The Labute approximate surface area is 185 Å². The molecular weight excluding hydrogens is 414 g/mol. The Bertz CT molecular complexity index is 1200. The number of amides is 1. The number of ether oxygens (including phenoxy) is 1. The zero-order chi connectivity index (χ0) is 22.1. The van der Waals surface area contributed by atoms with Crippen LogP contribution in [0, 0.1) is 6.92 Å². The van der Waals surface area contributed by atoms with Gasteiger partial charge in [0.2, 0.25) is 0 Å². The maximum atomic E-state index is 13.1. The van der Waals surface area contributed by atoms with Crippen molar-refractivity contribution < 1.29 is 19.4 Å². The Kier molecular flexibility index (Phi) is 5.53. The standard InChI is InChI=1S/C25H20ClNO4/c1-15-11-12-18(14-20(15)26)27-22(17-9-6-10-19(13-17)31-2)21(24(29)25(27)30)23(28)16-7-4-3-5-8-16/h3-14,22,28H,1-2H3/b23-21+/t22-/m1/s1. The lowest BCUT2D eigenvalue weighted by Gasteiger charge is -2.26. The molecule has 0 saturated carbocycles. The number of aliphatic hydroxyl groups excluding tert-OH is 1. The topological polar surface area (TPSA) is 66.8 Å². The second kappa shape index (κ2) is 8.28. The molecule has 1 aliphatic rings. The molecule has 1 amide bonds. The number of hydrogen-bond acceptors (Lipinski definition) is 4. The summed E-state index contributed by atoms with van der Waals surface area (Å²) in [6.07, 6.45) is 0. The molecule has 0 unspecified atom stereocenters. The van der Waals surface area contributed by atoms with E-state index < -0.39 is 17.7 Å². The van der Waals surface area contributed by atoms with E-state index in [-0.39, 0.29) is 11.3 Å². The smallest absolute Gasteiger partial charge is 0.300 e. The highest BCUT2D eigenvalue weighted by atomic mass is 35.5. The first-order chi connectivity index (χ1) is 14.9. The molecular formula is C25H20ClNO4. The van der Waals surface area contributed by atoms with Gasteiger partial charge in [0, 0.05) is 16.3 Å². The molecule has 1 fully saturated rings. The second-order valence-corrected chi connectivity index (χ2v) is 7.65. The van der Waals surface area contributed by atoms with Crippen molar-refractivity contribution in [2.45, 2.75) is 13.0 Å². The summed E-state index contributed by atoms with van der Waals surface area (Å²) in [7, 11) is 1.54. The van der Waals surface area contributed by atoms with Gasteiger partial charge in [-0.15, -0.1) is 0 Å². The van der Waals surface area contributed by atoms with E-state index in [2.05, 4.69) is 0 Å². The maximum Gasteiger partial charge on any atom is 0.300 e. The molecule has 1 aliphatic heterocycles. The van der Waals surface area contributed by atoms with Crippen molar-refractivity contribution in [3.8, 4) is 5.75 Å². The summed E-state index contributed by atoms with van der Waals surface area (Å²) in [6, 6.07) is 20.1. The third-order valence-corrected chi connectivity index (χ3v) is 5.74. The highest BCUT2D eigenvalue weighted by Gasteiger charge is 2.47. The number of hydrogen-bond donors (Lipinski definition) is 1. The molecule has 1 atom stereocenters. The van der Waals surface area contributed by atoms with E-state index in [1.54, 1.807) is 73.8 Å². The van der Waals surface area contributed by atoms with Crippen LogP contribution in [0.3, 0.4) is 0 Å². The van der Waals surface area contributed by atoms with Gasteiger partial charge in [0.25, 0.3) is 11.7 Å². The summed E-state index contributed by atoms with van der Waals surface area (Å²) in [6.45, 7) is 1.86. The quantitative estimate of drug-likeness (QED) is 0.345. The Morgan fingerprint density at radius 3 is 2.42 bits per heavy atom. The third kappa shape index (κ3) is 3.68. The minimum Gasteiger partial charge on any atom is -0.507 e. The molecule has 3 aromatic carbocycles. The van der Waals surface area contributed by atoms with Crippen molar-refractivity contribution in [2.24, 2.45) is 0 Å². The summed E-state index contributed by atoms with van der Waals surface area (Å²) in [5.74, 6) is -1.15. The summed E-state index contributed by atoms with van der Waals surface area (Å²) in [4.78, 5) is 27.6. The van der Waals surface area contributed by atoms with Gasteiger partial charge in [0.05, 0.1) is 18.7 Å². The summed E-state index contributed by atoms with van der Waals surface area (Å²) in [5, 5.41) is 11.5. The number of anilines is 1. The first kappa shape index (κ1) is 20.7. The summed E-state index contributed by atoms with van der Waals surface area (Å²) < 4.78 is 5.34. The molecule has 1 N–H and O–H groups in total. The number of carbonyl (C=O) groups excluding carboxylic acids is 2. The number of aryl methyl sites for hydroxylation is 1. The molecule has 31 heavy (non-hydrogen) atoms. The second-order valence-electron chi connectivity index (χ2n) is 7.25. The lowest BCUT2D eigenvalue weighted by molar-refractivity contribution is -0.132. The summed E-state index contributed by atoms with van der Waals surface area (Å²) in [5.41, 5.74) is 2.42. The SMILES string of the molecule is COc1cccc([C@@H]2/C(=C(\O)c3ccccc3)C(=O)C(=O)N2c2ccc(C)c(Cl)c2)c1. The molecule has 4 rings (SSSR count). The minimum absolute atomic E-state index is 0.0150. The van der Waals surface area contributed by atoms with Crippen LogP contribution in [0.25, 0.3) is 5.76 Å². The predicted octanol–water partition coefficient (Wildman–Crippen LogP) is 5.28. The van der Waals surface area contributed by atoms with Crippen molar-refractivity contribution in [3.05, 3.63) is 100 Å². The number of nitrogens with zero attached hydrogens (tertiary/aromatic N) is 1. The molecule has 6 heteroatoms.